The van der Waals surface area contributed by atoms with Crippen molar-refractivity contribution in [2.45, 2.75) is 80.9 Å². The molecule has 6 fully saturated rings. The fourth-order valence-corrected chi connectivity index (χ4v) is 12.6. The van der Waals surface area contributed by atoms with E-state index >= 15 is 0 Å². The van der Waals surface area contributed by atoms with Gasteiger partial charge in [0.1, 0.15) is 17.3 Å². The number of hydrogen-bond acceptors (Lipinski definition) is 13. The van der Waals surface area contributed by atoms with E-state index in [2.05, 4.69) is 11.8 Å². The van der Waals surface area contributed by atoms with Crippen molar-refractivity contribution in [2.75, 3.05) is 62.4 Å². The van der Waals surface area contributed by atoms with E-state index in [1.807, 2.05) is 0 Å². The summed E-state index contributed by atoms with van der Waals surface area (Å²) in [7, 11) is 9.53. The van der Waals surface area contributed by atoms with Gasteiger partial charge in [-0.15, -0.1) is 0 Å². The summed E-state index contributed by atoms with van der Waals surface area (Å²) >= 11 is 0. The Hall–Kier alpha value is -2.52. The molecule has 14 atom stereocenters. The first-order chi connectivity index (χ1) is 23.4. The highest BCUT2D eigenvalue weighted by Crippen LogP contribution is 2.80. The van der Waals surface area contributed by atoms with Crippen LogP contribution in [0.3, 0.4) is 0 Å². The summed E-state index contributed by atoms with van der Waals surface area (Å²) in [6.07, 6.45) is -2.89. The zero-order valence-electron chi connectivity index (χ0n) is 29.7. The number of hydrogen-bond donors (Lipinski definition) is 2. The molecule has 0 aromatic heterocycles. The third kappa shape index (κ3) is 4.24. The average molecular weight is 690 g/mol. The van der Waals surface area contributed by atoms with Crippen LogP contribution in [-0.2, 0) is 33.2 Å². The van der Waals surface area contributed by atoms with Gasteiger partial charge in [-0.1, -0.05) is 6.92 Å². The van der Waals surface area contributed by atoms with Crippen LogP contribution in [0.25, 0.3) is 0 Å². The number of methoxy groups -OCH3 is 6. The van der Waals surface area contributed by atoms with Gasteiger partial charge in [-0.25, -0.2) is 4.79 Å². The van der Waals surface area contributed by atoms with Gasteiger partial charge in [0.25, 0.3) is 0 Å². The van der Waals surface area contributed by atoms with Crippen molar-refractivity contribution in [1.29, 1.82) is 0 Å². The van der Waals surface area contributed by atoms with Gasteiger partial charge in [0.15, 0.2) is 11.5 Å². The number of ether oxygens (including phenoxy) is 8. The van der Waals surface area contributed by atoms with Crippen LogP contribution >= 0.6 is 0 Å². The number of carbonyl (C=O) groups excluding carboxylic acids is 2. The second-order valence-electron chi connectivity index (χ2n) is 15.1. The number of esters is 2. The van der Waals surface area contributed by atoms with Crippen molar-refractivity contribution in [1.82, 2.24) is 4.90 Å². The molecule has 1 spiro atoms. The van der Waals surface area contributed by atoms with Gasteiger partial charge in [-0.3, -0.25) is 9.69 Å². The molecule has 13 heteroatoms. The zero-order chi connectivity index (χ0) is 35.3. The maximum absolute atomic E-state index is 14.1. The Kier molecular flexibility index (Phi) is 8.57. The van der Waals surface area contributed by atoms with Crippen molar-refractivity contribution in [3.8, 4) is 11.5 Å². The average Bonchev–Trinajstić information content (AvgIpc) is 3.46. The number of piperidine rings is 1. The molecule has 1 aromatic rings. The lowest BCUT2D eigenvalue weighted by molar-refractivity contribution is -0.300. The highest BCUT2D eigenvalue weighted by Gasteiger charge is 2.90. The molecule has 1 aliphatic heterocycles. The predicted molar refractivity (Wildman–Crippen MR) is 172 cm³/mol. The number of carbonyl (C=O) groups is 2. The summed E-state index contributed by atoms with van der Waals surface area (Å²) in [6, 6.07) is 4.56. The highest BCUT2D eigenvalue weighted by atomic mass is 16.6. The minimum atomic E-state index is -1.62. The van der Waals surface area contributed by atoms with Gasteiger partial charge in [0.05, 0.1) is 50.8 Å². The molecule has 5 aliphatic carbocycles. The molecule has 6 aliphatic rings. The second-order valence-corrected chi connectivity index (χ2v) is 15.1. The van der Waals surface area contributed by atoms with Gasteiger partial charge in [0.2, 0.25) is 0 Å². The van der Waals surface area contributed by atoms with Crippen LogP contribution in [-0.4, -0.2) is 137 Å². The van der Waals surface area contributed by atoms with Crippen molar-refractivity contribution in [3.05, 3.63) is 23.8 Å². The maximum atomic E-state index is 14.1. The van der Waals surface area contributed by atoms with Crippen LogP contribution in [0.5, 0.6) is 11.5 Å². The minimum Gasteiger partial charge on any atom is -0.493 e. The number of fused-ring (bicyclic) bond motifs is 2. The molecular formula is C36H51NO12. The molecular weight excluding hydrogens is 638 g/mol. The number of nitrogens with zero attached hydrogens (tertiary/aromatic N) is 1. The lowest BCUT2D eigenvalue weighted by Crippen LogP contribution is -2.79. The Labute approximate surface area is 287 Å². The number of aliphatic hydroxyl groups excluding tert-OH is 1. The standard InChI is InChI=1S/C36H51NO12/c1-9-37-16-33(17-42-3)23(39)13-24(45-6)36-20-14-34(41)25(46-7)15-35(49-18(2)38,27(30(36)37)28(47-8)29(33)36)26(20)31(34)48-32(40)19-10-11-21(43-4)22(12-19)44-5/h10-12,20,23-31,39,41H,9,13-17H2,1-8H3/t20?,23-,24+,25+,26?,27+,28+,29?,30?,31-,33+,34+,35-,36+/m1/s1. The quantitative estimate of drug-likeness (QED) is 0.325. The molecule has 7 rings (SSSR count). The molecule has 272 valence electrons. The van der Waals surface area contributed by atoms with Crippen LogP contribution in [0, 0.1) is 34.5 Å². The van der Waals surface area contributed by atoms with Gasteiger partial charge in [-0.05, 0) is 37.1 Å². The van der Waals surface area contributed by atoms with Crippen molar-refractivity contribution in [2.24, 2.45) is 34.5 Å². The predicted octanol–water partition coefficient (Wildman–Crippen LogP) is 1.69. The molecule has 13 nitrogen and oxygen atoms in total. The SMILES string of the molecule is CCN1C[C@@]2(COC)C3[C@@H](OC)[C@H]4C1[C@@]3(C1C[C@]3(O)[C@@H](OC)C[C@@]4(OC(C)=O)C1[C@H]3OC(=O)c1ccc(OC)c(OC)c1)[C@@H](OC)C[C@H]2O. The molecule has 1 saturated heterocycles. The van der Waals surface area contributed by atoms with E-state index in [0.717, 1.165) is 0 Å². The molecule has 0 radical (unpaired) electrons. The fourth-order valence-electron chi connectivity index (χ4n) is 12.6. The summed E-state index contributed by atoms with van der Waals surface area (Å²) in [6.45, 7) is 4.99. The number of likely N-dealkylation sites (tertiary alicyclic amines) is 1. The Morgan fingerprint density at radius 2 is 1.67 bits per heavy atom. The van der Waals surface area contributed by atoms with Gasteiger partial charge in [0, 0.05) is 89.4 Å². The molecule has 7 bridgehead atoms. The van der Waals surface area contributed by atoms with E-state index in [9.17, 15) is 19.8 Å². The fraction of sp³-hybridized carbons (Fsp3) is 0.778. The smallest absolute Gasteiger partial charge is 0.338 e. The molecule has 2 N–H and O–H groups in total. The zero-order valence-corrected chi connectivity index (χ0v) is 29.7. The van der Waals surface area contributed by atoms with Crippen LogP contribution in [0.1, 0.15) is 43.5 Å². The van der Waals surface area contributed by atoms with Gasteiger partial charge < -0.3 is 48.1 Å². The van der Waals surface area contributed by atoms with Gasteiger partial charge in [-0.2, -0.15) is 0 Å². The third-order valence-electron chi connectivity index (χ3n) is 13.7. The van der Waals surface area contributed by atoms with E-state index in [0.29, 0.717) is 31.0 Å². The molecule has 5 saturated carbocycles. The number of rotatable bonds is 11. The van der Waals surface area contributed by atoms with Crippen LogP contribution in [0.15, 0.2) is 18.2 Å². The first kappa shape index (κ1) is 34.9. The lowest BCUT2D eigenvalue weighted by Gasteiger charge is -2.70. The van der Waals surface area contributed by atoms with Crippen LogP contribution < -0.4 is 9.47 Å². The summed E-state index contributed by atoms with van der Waals surface area (Å²) in [4.78, 5) is 29.8. The third-order valence-corrected chi connectivity index (χ3v) is 13.7. The topological polar surface area (TPSA) is 152 Å². The molecule has 4 unspecified atom stereocenters. The molecule has 1 aromatic carbocycles. The van der Waals surface area contributed by atoms with Crippen molar-refractivity contribution >= 4 is 11.9 Å². The Morgan fingerprint density at radius 3 is 2.27 bits per heavy atom. The minimum absolute atomic E-state index is 0.185. The summed E-state index contributed by atoms with van der Waals surface area (Å²) in [5.41, 5.74) is -4.09. The van der Waals surface area contributed by atoms with Crippen LogP contribution in [0.4, 0.5) is 0 Å². The van der Waals surface area contributed by atoms with E-state index < -0.39 is 76.3 Å². The maximum Gasteiger partial charge on any atom is 0.338 e. The molecule has 1 heterocycles. The molecule has 0 amide bonds. The Balaban J connectivity index is 1.46. The Morgan fingerprint density at radius 1 is 0.959 bits per heavy atom. The van der Waals surface area contributed by atoms with E-state index in [-0.39, 0.29) is 42.9 Å². The monoisotopic (exact) mass is 689 g/mol. The normalized spacial score (nSPS) is 45.9. The highest BCUT2D eigenvalue weighted by molar-refractivity contribution is 5.90. The summed E-state index contributed by atoms with van der Waals surface area (Å²) in [5.74, 6) is -2.07. The number of benzene rings is 1. The van der Waals surface area contributed by atoms with E-state index in [4.69, 9.17) is 37.9 Å². The number of aliphatic hydroxyl groups is 2. The largest absolute Gasteiger partial charge is 0.493 e. The first-order valence-electron chi connectivity index (χ1n) is 17.3. The van der Waals surface area contributed by atoms with Crippen LogP contribution in [0.2, 0.25) is 0 Å². The summed E-state index contributed by atoms with van der Waals surface area (Å²) in [5, 5.41) is 24.9. The van der Waals surface area contributed by atoms with Crippen molar-refractivity contribution < 1.29 is 57.7 Å². The van der Waals surface area contributed by atoms with E-state index in [1.165, 1.54) is 28.3 Å². The lowest BCUT2D eigenvalue weighted by atomic mass is 9.42. The Bertz CT molecular complexity index is 1480. The van der Waals surface area contributed by atoms with Gasteiger partial charge >= 0.3 is 11.9 Å². The summed E-state index contributed by atoms with van der Waals surface area (Å²) < 4.78 is 48.9. The molecule has 49 heavy (non-hydrogen) atoms. The van der Waals surface area contributed by atoms with Crippen molar-refractivity contribution in [3.63, 3.8) is 0 Å². The van der Waals surface area contributed by atoms with E-state index in [1.54, 1.807) is 39.5 Å². The second kappa shape index (κ2) is 12.0. The first-order valence-corrected chi connectivity index (χ1v) is 17.3.